The van der Waals surface area contributed by atoms with Crippen molar-refractivity contribution in [2.75, 3.05) is 46.4 Å². The van der Waals surface area contributed by atoms with Gasteiger partial charge in [-0.3, -0.25) is 0 Å². The van der Waals surface area contributed by atoms with Crippen molar-refractivity contribution >= 4 is 6.03 Å². The van der Waals surface area contributed by atoms with E-state index < -0.39 is 0 Å². The first-order chi connectivity index (χ1) is 12.3. The maximum absolute atomic E-state index is 12.5. The number of nitrogens with zero attached hydrogens (tertiary/aromatic N) is 2. The molecule has 2 amide bonds. The SMILES string of the molecule is COc1ccccc1OCCNC(=O)N1CCC[C@H]1CN1CCCC1. The van der Waals surface area contributed by atoms with E-state index in [9.17, 15) is 4.79 Å². The molecule has 3 rings (SSSR count). The van der Waals surface area contributed by atoms with Gasteiger partial charge >= 0.3 is 6.03 Å². The van der Waals surface area contributed by atoms with E-state index in [-0.39, 0.29) is 6.03 Å². The van der Waals surface area contributed by atoms with Crippen molar-refractivity contribution in [3.63, 3.8) is 0 Å². The van der Waals surface area contributed by atoms with Crippen LogP contribution in [0.1, 0.15) is 25.7 Å². The fourth-order valence-electron chi connectivity index (χ4n) is 3.71. The van der Waals surface area contributed by atoms with Gasteiger partial charge in [-0.05, 0) is 50.9 Å². The molecule has 0 spiro atoms. The molecule has 1 aromatic rings. The molecule has 6 heteroatoms. The Balaban J connectivity index is 1.40. The van der Waals surface area contributed by atoms with Crippen molar-refractivity contribution < 1.29 is 14.3 Å². The molecule has 0 saturated carbocycles. The van der Waals surface area contributed by atoms with Gasteiger partial charge in [0.1, 0.15) is 6.61 Å². The molecule has 0 bridgehead atoms. The predicted octanol–water partition coefficient (Wildman–Crippen LogP) is 2.34. The van der Waals surface area contributed by atoms with Crippen LogP contribution in [0.2, 0.25) is 0 Å². The number of para-hydroxylation sites is 2. The topological polar surface area (TPSA) is 54.0 Å². The minimum absolute atomic E-state index is 0.0327. The van der Waals surface area contributed by atoms with E-state index in [1.165, 1.54) is 25.9 Å². The van der Waals surface area contributed by atoms with Gasteiger partial charge in [-0.25, -0.2) is 4.79 Å². The number of methoxy groups -OCH3 is 1. The standard InChI is InChI=1S/C19H29N3O3/c1-24-17-8-2-3-9-18(17)25-14-10-20-19(23)22-13-6-7-16(22)15-21-11-4-5-12-21/h2-3,8-9,16H,4-7,10-15H2,1H3,(H,20,23)/t16-/m0/s1. The third-order valence-electron chi connectivity index (χ3n) is 5.01. The quantitative estimate of drug-likeness (QED) is 0.769. The lowest BCUT2D eigenvalue weighted by Gasteiger charge is -2.28. The zero-order chi connectivity index (χ0) is 17.5. The molecule has 25 heavy (non-hydrogen) atoms. The summed E-state index contributed by atoms with van der Waals surface area (Å²) in [7, 11) is 1.62. The number of amides is 2. The predicted molar refractivity (Wildman–Crippen MR) is 97.3 cm³/mol. The van der Waals surface area contributed by atoms with Crippen LogP contribution in [-0.2, 0) is 0 Å². The zero-order valence-electron chi connectivity index (χ0n) is 15.1. The number of rotatable bonds is 7. The summed E-state index contributed by atoms with van der Waals surface area (Å²) >= 11 is 0. The zero-order valence-corrected chi connectivity index (χ0v) is 15.1. The molecule has 1 aromatic carbocycles. The van der Waals surface area contributed by atoms with Crippen LogP contribution in [0.5, 0.6) is 11.5 Å². The molecule has 2 aliphatic heterocycles. The van der Waals surface area contributed by atoms with Crippen molar-refractivity contribution in [3.05, 3.63) is 24.3 Å². The molecule has 0 unspecified atom stereocenters. The Hall–Kier alpha value is -1.95. The number of hydrogen-bond donors (Lipinski definition) is 1. The maximum Gasteiger partial charge on any atom is 0.317 e. The van der Waals surface area contributed by atoms with Gasteiger partial charge in [0.2, 0.25) is 0 Å². The second kappa shape index (κ2) is 8.94. The second-order valence-corrected chi connectivity index (χ2v) is 6.73. The van der Waals surface area contributed by atoms with Crippen LogP contribution in [0.15, 0.2) is 24.3 Å². The fourth-order valence-corrected chi connectivity index (χ4v) is 3.71. The molecule has 6 nitrogen and oxygen atoms in total. The first-order valence-corrected chi connectivity index (χ1v) is 9.30. The highest BCUT2D eigenvalue weighted by molar-refractivity contribution is 5.74. The van der Waals surface area contributed by atoms with E-state index in [2.05, 4.69) is 10.2 Å². The summed E-state index contributed by atoms with van der Waals surface area (Å²) in [5, 5.41) is 2.99. The van der Waals surface area contributed by atoms with Gasteiger partial charge in [-0.15, -0.1) is 0 Å². The number of hydrogen-bond acceptors (Lipinski definition) is 4. The Labute approximate surface area is 150 Å². The lowest BCUT2D eigenvalue weighted by Crippen LogP contribution is -2.47. The van der Waals surface area contributed by atoms with Gasteiger partial charge in [0.25, 0.3) is 0 Å². The summed E-state index contributed by atoms with van der Waals surface area (Å²) in [6.45, 7) is 5.15. The highest BCUT2D eigenvalue weighted by Crippen LogP contribution is 2.25. The fraction of sp³-hybridized carbons (Fsp3) is 0.632. The number of urea groups is 1. The van der Waals surface area contributed by atoms with Crippen LogP contribution >= 0.6 is 0 Å². The average molecular weight is 347 g/mol. The molecule has 2 heterocycles. The number of nitrogens with one attached hydrogen (secondary N) is 1. The van der Waals surface area contributed by atoms with Gasteiger partial charge in [0, 0.05) is 19.1 Å². The molecular weight excluding hydrogens is 318 g/mol. The monoisotopic (exact) mass is 347 g/mol. The normalized spacial score (nSPS) is 20.7. The Kier molecular flexibility index (Phi) is 6.39. The van der Waals surface area contributed by atoms with E-state index in [1.807, 2.05) is 29.2 Å². The minimum Gasteiger partial charge on any atom is -0.493 e. The van der Waals surface area contributed by atoms with Crippen LogP contribution in [0.4, 0.5) is 4.79 Å². The second-order valence-electron chi connectivity index (χ2n) is 6.73. The molecule has 1 atom stereocenters. The van der Waals surface area contributed by atoms with Crippen LogP contribution in [0, 0.1) is 0 Å². The Morgan fingerprint density at radius 3 is 2.68 bits per heavy atom. The Morgan fingerprint density at radius 1 is 1.16 bits per heavy atom. The molecule has 0 aromatic heterocycles. The maximum atomic E-state index is 12.5. The molecule has 2 saturated heterocycles. The van der Waals surface area contributed by atoms with Crippen LogP contribution in [-0.4, -0.2) is 68.3 Å². The number of carbonyl (C=O) groups is 1. The first kappa shape index (κ1) is 17.9. The van der Waals surface area contributed by atoms with Crippen LogP contribution < -0.4 is 14.8 Å². The van der Waals surface area contributed by atoms with Crippen molar-refractivity contribution in [1.29, 1.82) is 0 Å². The van der Waals surface area contributed by atoms with E-state index in [0.29, 0.717) is 30.7 Å². The highest BCUT2D eigenvalue weighted by Gasteiger charge is 2.30. The van der Waals surface area contributed by atoms with E-state index in [0.717, 1.165) is 25.9 Å². The van der Waals surface area contributed by atoms with Crippen molar-refractivity contribution in [1.82, 2.24) is 15.1 Å². The van der Waals surface area contributed by atoms with E-state index in [1.54, 1.807) is 7.11 Å². The molecule has 2 fully saturated rings. The summed E-state index contributed by atoms with van der Waals surface area (Å²) in [5.74, 6) is 1.41. The summed E-state index contributed by atoms with van der Waals surface area (Å²) in [6, 6.07) is 7.93. The lowest BCUT2D eigenvalue weighted by molar-refractivity contribution is 0.172. The number of benzene rings is 1. The van der Waals surface area contributed by atoms with Gasteiger partial charge < -0.3 is 24.6 Å². The van der Waals surface area contributed by atoms with Crippen LogP contribution in [0.25, 0.3) is 0 Å². The third-order valence-corrected chi connectivity index (χ3v) is 5.01. The largest absolute Gasteiger partial charge is 0.493 e. The van der Waals surface area contributed by atoms with E-state index in [4.69, 9.17) is 9.47 Å². The van der Waals surface area contributed by atoms with Crippen molar-refractivity contribution in [3.8, 4) is 11.5 Å². The Bertz CT molecular complexity index is 561. The number of ether oxygens (including phenoxy) is 2. The van der Waals surface area contributed by atoms with Crippen LogP contribution in [0.3, 0.4) is 0 Å². The molecule has 138 valence electrons. The van der Waals surface area contributed by atoms with E-state index >= 15 is 0 Å². The summed E-state index contributed by atoms with van der Waals surface area (Å²) in [5.41, 5.74) is 0. The Morgan fingerprint density at radius 2 is 1.92 bits per heavy atom. The molecular formula is C19H29N3O3. The van der Waals surface area contributed by atoms with Gasteiger partial charge in [-0.2, -0.15) is 0 Å². The first-order valence-electron chi connectivity index (χ1n) is 9.30. The summed E-state index contributed by atoms with van der Waals surface area (Å²) in [6.07, 6.45) is 4.80. The molecule has 1 N–H and O–H groups in total. The van der Waals surface area contributed by atoms with Crippen molar-refractivity contribution in [2.45, 2.75) is 31.7 Å². The molecule has 0 aliphatic carbocycles. The molecule has 0 radical (unpaired) electrons. The number of likely N-dealkylation sites (tertiary alicyclic amines) is 2. The lowest BCUT2D eigenvalue weighted by atomic mass is 10.2. The summed E-state index contributed by atoms with van der Waals surface area (Å²) in [4.78, 5) is 17.0. The smallest absolute Gasteiger partial charge is 0.317 e. The third kappa shape index (κ3) is 4.78. The van der Waals surface area contributed by atoms with Gasteiger partial charge in [0.15, 0.2) is 11.5 Å². The van der Waals surface area contributed by atoms with Gasteiger partial charge in [-0.1, -0.05) is 12.1 Å². The minimum atomic E-state index is 0.0327. The average Bonchev–Trinajstić information content (AvgIpc) is 3.31. The van der Waals surface area contributed by atoms with Crippen molar-refractivity contribution in [2.24, 2.45) is 0 Å². The van der Waals surface area contributed by atoms with Gasteiger partial charge in [0.05, 0.1) is 13.7 Å². The highest BCUT2D eigenvalue weighted by atomic mass is 16.5. The molecule has 2 aliphatic rings. The number of carbonyl (C=O) groups excluding carboxylic acids is 1. The summed E-state index contributed by atoms with van der Waals surface area (Å²) < 4.78 is 11.0.